The fourth-order valence-corrected chi connectivity index (χ4v) is 5.52. The van der Waals surface area contributed by atoms with E-state index in [4.69, 9.17) is 10.1 Å². The van der Waals surface area contributed by atoms with E-state index in [-0.39, 0.29) is 11.4 Å². The first-order valence-electron chi connectivity index (χ1n) is 12.1. The van der Waals surface area contributed by atoms with Gasteiger partial charge in [-0.15, -0.1) is 0 Å². The number of carbonyl (C=O) groups excluding carboxylic acids is 1. The van der Waals surface area contributed by atoms with Gasteiger partial charge in [0.05, 0.1) is 12.1 Å². The van der Waals surface area contributed by atoms with E-state index in [2.05, 4.69) is 52.8 Å². The van der Waals surface area contributed by atoms with E-state index in [1.807, 2.05) is 32.0 Å². The third-order valence-electron chi connectivity index (χ3n) is 6.44. The minimum Gasteiger partial charge on any atom is -0.491 e. The topological polar surface area (TPSA) is 83.0 Å². The molecule has 1 amide bonds. The Balaban J connectivity index is 1.47. The Hall–Kier alpha value is -3.65. The number of hydrazone groups is 1. The number of para-hydroxylation sites is 1. The van der Waals surface area contributed by atoms with Crippen LogP contribution in [0.2, 0.25) is 0 Å². The Labute approximate surface area is 215 Å². The molecule has 3 heterocycles. The first-order valence-corrected chi connectivity index (χ1v) is 13.0. The first-order chi connectivity index (χ1) is 17.4. The average Bonchev–Trinajstić information content (AvgIpc) is 3.37. The molecule has 5 rings (SSSR count). The lowest BCUT2D eigenvalue weighted by Gasteiger charge is -2.20. The van der Waals surface area contributed by atoms with Crippen LogP contribution in [0.3, 0.4) is 0 Å². The van der Waals surface area contributed by atoms with Gasteiger partial charge in [-0.2, -0.15) is 15.1 Å². The van der Waals surface area contributed by atoms with Gasteiger partial charge in [0.2, 0.25) is 5.17 Å². The summed E-state index contributed by atoms with van der Waals surface area (Å²) in [4.78, 5) is 17.2. The van der Waals surface area contributed by atoms with E-state index in [0.717, 1.165) is 51.4 Å². The molecule has 184 valence electrons. The molecule has 7 nitrogen and oxygen atoms in total. The summed E-state index contributed by atoms with van der Waals surface area (Å²) in [5.41, 5.74) is 5.51. The van der Waals surface area contributed by atoms with Gasteiger partial charge in [0.15, 0.2) is 5.84 Å². The third-order valence-corrected chi connectivity index (χ3v) is 7.41. The van der Waals surface area contributed by atoms with Crippen molar-refractivity contribution in [3.63, 3.8) is 0 Å². The van der Waals surface area contributed by atoms with Crippen molar-refractivity contribution in [1.29, 1.82) is 5.41 Å². The van der Waals surface area contributed by atoms with E-state index >= 15 is 0 Å². The molecule has 0 fully saturated rings. The fraction of sp³-hybridized carbons (Fsp3) is 0.286. The average molecular weight is 500 g/mol. The molecule has 0 unspecified atom stereocenters. The van der Waals surface area contributed by atoms with E-state index in [1.54, 1.807) is 6.08 Å². The van der Waals surface area contributed by atoms with Gasteiger partial charge in [0, 0.05) is 22.2 Å². The summed E-state index contributed by atoms with van der Waals surface area (Å²) in [6.45, 7) is 9.40. The molecule has 2 aromatic carbocycles. The molecule has 1 N–H and O–H groups in total. The predicted molar refractivity (Wildman–Crippen MR) is 148 cm³/mol. The maximum absolute atomic E-state index is 12.9. The molecular formula is C28H29N5O2S. The molecule has 3 aromatic rings. The van der Waals surface area contributed by atoms with E-state index in [1.165, 1.54) is 22.3 Å². The SMILES string of the molecule is CCCC1=NN2C(=N)/C(=C/c3c(C)n(CCOc4cc(C)ccc4C)c4ccccc34)C(=O)N=C2S1. The number of amidine groups is 2. The summed E-state index contributed by atoms with van der Waals surface area (Å²) in [5, 5.41) is 17.1. The molecular weight excluding hydrogens is 470 g/mol. The first kappa shape index (κ1) is 24.1. The monoisotopic (exact) mass is 499 g/mol. The van der Waals surface area contributed by atoms with E-state index in [0.29, 0.717) is 18.3 Å². The van der Waals surface area contributed by atoms with Crippen LogP contribution in [-0.2, 0) is 11.3 Å². The number of aryl methyl sites for hydroxylation is 2. The van der Waals surface area contributed by atoms with Crippen molar-refractivity contribution in [2.45, 2.75) is 47.1 Å². The van der Waals surface area contributed by atoms with Crippen LogP contribution in [0.4, 0.5) is 0 Å². The van der Waals surface area contributed by atoms with Crippen molar-refractivity contribution >= 4 is 50.7 Å². The zero-order chi connectivity index (χ0) is 25.4. The summed E-state index contributed by atoms with van der Waals surface area (Å²) < 4.78 is 8.34. The molecule has 0 bridgehead atoms. The van der Waals surface area contributed by atoms with Gasteiger partial charge in [-0.05, 0) is 74.7 Å². The van der Waals surface area contributed by atoms with Crippen LogP contribution in [0, 0.1) is 26.2 Å². The van der Waals surface area contributed by atoms with Crippen molar-refractivity contribution in [2.24, 2.45) is 10.1 Å². The lowest BCUT2D eigenvalue weighted by molar-refractivity contribution is -0.114. The summed E-state index contributed by atoms with van der Waals surface area (Å²) >= 11 is 1.37. The molecule has 2 aliphatic rings. The Morgan fingerprint density at radius 2 is 1.94 bits per heavy atom. The van der Waals surface area contributed by atoms with Crippen LogP contribution in [-0.4, -0.2) is 38.1 Å². The van der Waals surface area contributed by atoms with Crippen LogP contribution in [0.25, 0.3) is 17.0 Å². The van der Waals surface area contributed by atoms with Gasteiger partial charge in [-0.1, -0.05) is 37.3 Å². The molecule has 0 saturated heterocycles. The minimum atomic E-state index is -0.402. The number of amides is 1. The van der Waals surface area contributed by atoms with Crippen LogP contribution in [0.1, 0.15) is 42.1 Å². The Morgan fingerprint density at radius 1 is 1.14 bits per heavy atom. The number of nitrogens with one attached hydrogen (secondary N) is 1. The number of carbonyl (C=O) groups is 1. The van der Waals surface area contributed by atoms with Crippen LogP contribution in [0.5, 0.6) is 5.75 Å². The predicted octanol–water partition coefficient (Wildman–Crippen LogP) is 6.06. The highest BCUT2D eigenvalue weighted by Crippen LogP contribution is 2.33. The van der Waals surface area contributed by atoms with E-state index < -0.39 is 5.91 Å². The van der Waals surface area contributed by atoms with Gasteiger partial charge >= 0.3 is 0 Å². The zero-order valence-corrected chi connectivity index (χ0v) is 21.8. The highest BCUT2D eigenvalue weighted by Gasteiger charge is 2.35. The molecule has 0 radical (unpaired) electrons. The number of thioether (sulfide) groups is 1. The summed E-state index contributed by atoms with van der Waals surface area (Å²) in [6.07, 6.45) is 3.54. The van der Waals surface area contributed by atoms with Crippen LogP contribution < -0.4 is 4.74 Å². The Bertz CT molecular complexity index is 1480. The highest BCUT2D eigenvalue weighted by atomic mass is 32.2. The lowest BCUT2D eigenvalue weighted by Crippen LogP contribution is -2.35. The summed E-state index contributed by atoms with van der Waals surface area (Å²) in [6, 6.07) is 14.3. The number of hydrogen-bond donors (Lipinski definition) is 1. The molecule has 0 aliphatic carbocycles. The second-order valence-electron chi connectivity index (χ2n) is 9.05. The molecule has 1 aromatic heterocycles. The van der Waals surface area contributed by atoms with Crippen LogP contribution >= 0.6 is 11.8 Å². The lowest BCUT2D eigenvalue weighted by atomic mass is 10.1. The standard InChI is InChI=1S/C28H29N5O2S/c1-5-8-25-31-33-26(29)22(27(34)30-28(33)36-25)16-21-19(4)32(23-10-7-6-9-20(21)23)13-14-35-24-15-17(2)11-12-18(24)3/h6-7,9-12,15-16,29H,5,8,13-14H2,1-4H3/b22-16-,29-26?. The number of benzene rings is 2. The van der Waals surface area contributed by atoms with E-state index in [9.17, 15) is 4.79 Å². The van der Waals surface area contributed by atoms with Gasteiger partial charge in [-0.3, -0.25) is 10.2 Å². The van der Waals surface area contributed by atoms with Gasteiger partial charge in [-0.25, -0.2) is 0 Å². The normalized spacial score (nSPS) is 16.6. The number of fused-ring (bicyclic) bond motifs is 2. The van der Waals surface area contributed by atoms with Gasteiger partial charge in [0.25, 0.3) is 5.91 Å². The van der Waals surface area contributed by atoms with Crippen molar-refractivity contribution in [1.82, 2.24) is 9.58 Å². The maximum Gasteiger partial charge on any atom is 0.283 e. The fourth-order valence-electron chi connectivity index (χ4n) is 4.53. The number of aromatic nitrogens is 1. The number of rotatable bonds is 7. The summed E-state index contributed by atoms with van der Waals surface area (Å²) in [7, 11) is 0. The molecule has 8 heteroatoms. The summed E-state index contributed by atoms with van der Waals surface area (Å²) in [5.74, 6) is 0.562. The maximum atomic E-state index is 12.9. The Kier molecular flexibility index (Phi) is 6.53. The molecule has 0 spiro atoms. The van der Waals surface area contributed by atoms with Gasteiger partial charge < -0.3 is 9.30 Å². The minimum absolute atomic E-state index is 0.0677. The number of ether oxygens (including phenoxy) is 1. The quantitative estimate of drug-likeness (QED) is 0.400. The molecule has 2 aliphatic heterocycles. The van der Waals surface area contributed by atoms with Crippen molar-refractivity contribution in [2.75, 3.05) is 6.61 Å². The zero-order valence-electron chi connectivity index (χ0n) is 21.0. The number of aliphatic imine (C=N–C) groups is 1. The molecule has 0 saturated carbocycles. The van der Waals surface area contributed by atoms with Gasteiger partial charge in [0.1, 0.15) is 17.4 Å². The highest BCUT2D eigenvalue weighted by molar-refractivity contribution is 8.26. The molecule has 36 heavy (non-hydrogen) atoms. The smallest absolute Gasteiger partial charge is 0.283 e. The van der Waals surface area contributed by atoms with Crippen molar-refractivity contribution < 1.29 is 9.53 Å². The number of nitrogens with zero attached hydrogens (tertiary/aromatic N) is 4. The number of hydrogen-bond acceptors (Lipinski definition) is 5. The second kappa shape index (κ2) is 9.78. The van der Waals surface area contributed by atoms with Crippen molar-refractivity contribution in [3.05, 3.63) is 70.4 Å². The van der Waals surface area contributed by atoms with Crippen molar-refractivity contribution in [3.8, 4) is 5.75 Å². The largest absolute Gasteiger partial charge is 0.491 e. The third kappa shape index (κ3) is 4.37. The Morgan fingerprint density at radius 3 is 2.75 bits per heavy atom. The molecule has 0 atom stereocenters. The second-order valence-corrected chi connectivity index (χ2v) is 10.1. The van der Waals surface area contributed by atoms with Crippen LogP contribution in [0.15, 0.2) is 58.1 Å².